The Morgan fingerprint density at radius 1 is 1.08 bits per heavy atom. The summed E-state index contributed by atoms with van der Waals surface area (Å²) in [6, 6.07) is 11.9. The van der Waals surface area contributed by atoms with Crippen LogP contribution in [-0.2, 0) is 21.4 Å². The molecule has 0 saturated heterocycles. The van der Waals surface area contributed by atoms with E-state index in [0.29, 0.717) is 10.0 Å². The van der Waals surface area contributed by atoms with Crippen molar-refractivity contribution in [3.63, 3.8) is 0 Å². The number of rotatable bonds is 6. The van der Waals surface area contributed by atoms with Gasteiger partial charge in [-0.1, -0.05) is 41.4 Å². The summed E-state index contributed by atoms with van der Waals surface area (Å²) in [5.41, 5.74) is 0.820. The number of sulfonamides is 1. The molecular weight excluding hydrogens is 371 g/mol. The second-order valence-corrected chi connectivity index (χ2v) is 7.73. The van der Waals surface area contributed by atoms with Crippen molar-refractivity contribution in [1.82, 2.24) is 10.0 Å². The van der Waals surface area contributed by atoms with E-state index in [1.165, 1.54) is 25.1 Å². The number of amides is 1. The highest BCUT2D eigenvalue weighted by atomic mass is 35.5. The van der Waals surface area contributed by atoms with Gasteiger partial charge in [-0.2, -0.15) is 4.72 Å². The van der Waals surface area contributed by atoms with Crippen molar-refractivity contribution in [2.75, 3.05) is 0 Å². The molecule has 5 nitrogen and oxygen atoms in total. The van der Waals surface area contributed by atoms with Crippen LogP contribution in [0, 0.1) is 0 Å². The number of halogens is 2. The van der Waals surface area contributed by atoms with Crippen LogP contribution in [0.3, 0.4) is 0 Å². The Kier molecular flexibility index (Phi) is 6.23. The van der Waals surface area contributed by atoms with Gasteiger partial charge >= 0.3 is 0 Å². The third-order valence-corrected chi connectivity index (χ3v) is 5.20. The fraction of sp³-hybridized carbons (Fsp3) is 0.188. The topological polar surface area (TPSA) is 75.3 Å². The van der Waals surface area contributed by atoms with Crippen molar-refractivity contribution in [2.45, 2.75) is 24.4 Å². The van der Waals surface area contributed by atoms with Gasteiger partial charge in [0.2, 0.25) is 15.9 Å². The Hall–Kier alpha value is -1.60. The summed E-state index contributed by atoms with van der Waals surface area (Å²) < 4.78 is 26.8. The minimum absolute atomic E-state index is 0.00416. The summed E-state index contributed by atoms with van der Waals surface area (Å²) in [7, 11) is -3.83. The SMILES string of the molecule is C[C@H](NS(=O)(=O)c1cccc(Cl)c1)C(=O)NCc1cccc(Cl)c1. The predicted molar refractivity (Wildman–Crippen MR) is 94.5 cm³/mol. The molecule has 2 aromatic rings. The largest absolute Gasteiger partial charge is 0.351 e. The Morgan fingerprint density at radius 3 is 2.33 bits per heavy atom. The first-order chi connectivity index (χ1) is 11.3. The molecule has 1 atom stereocenters. The molecule has 0 aliphatic heterocycles. The zero-order valence-electron chi connectivity index (χ0n) is 12.8. The van der Waals surface area contributed by atoms with Crippen LogP contribution in [-0.4, -0.2) is 20.4 Å². The minimum Gasteiger partial charge on any atom is -0.351 e. The molecular formula is C16H16Cl2N2O3S. The summed E-state index contributed by atoms with van der Waals surface area (Å²) in [6.45, 7) is 1.72. The highest BCUT2D eigenvalue weighted by molar-refractivity contribution is 7.89. The van der Waals surface area contributed by atoms with Gasteiger partial charge in [0.05, 0.1) is 10.9 Å². The molecule has 2 N–H and O–H groups in total. The molecule has 2 aromatic carbocycles. The van der Waals surface area contributed by atoms with E-state index in [1.807, 2.05) is 6.07 Å². The highest BCUT2D eigenvalue weighted by Gasteiger charge is 2.22. The molecule has 0 radical (unpaired) electrons. The van der Waals surface area contributed by atoms with Crippen LogP contribution < -0.4 is 10.0 Å². The van der Waals surface area contributed by atoms with Gasteiger partial charge in [0.15, 0.2) is 0 Å². The van der Waals surface area contributed by atoms with Crippen molar-refractivity contribution in [3.8, 4) is 0 Å². The second-order valence-electron chi connectivity index (χ2n) is 5.15. The summed E-state index contributed by atoms with van der Waals surface area (Å²) in [6.07, 6.45) is 0. The zero-order valence-corrected chi connectivity index (χ0v) is 15.1. The Bertz CT molecular complexity index is 841. The summed E-state index contributed by atoms with van der Waals surface area (Å²) in [5.74, 6) is -0.444. The van der Waals surface area contributed by atoms with E-state index in [1.54, 1.807) is 24.3 Å². The number of hydrogen-bond donors (Lipinski definition) is 2. The monoisotopic (exact) mass is 386 g/mol. The van der Waals surface area contributed by atoms with Gasteiger partial charge in [0, 0.05) is 16.6 Å². The van der Waals surface area contributed by atoms with Gasteiger partial charge in [-0.15, -0.1) is 0 Å². The Labute approximate surface area is 151 Å². The van der Waals surface area contributed by atoms with E-state index < -0.39 is 22.0 Å². The van der Waals surface area contributed by atoms with Crippen molar-refractivity contribution >= 4 is 39.1 Å². The third-order valence-electron chi connectivity index (χ3n) is 3.19. The molecule has 0 saturated carbocycles. The lowest BCUT2D eigenvalue weighted by Crippen LogP contribution is -2.44. The molecule has 24 heavy (non-hydrogen) atoms. The molecule has 1 amide bonds. The standard InChI is InChI=1S/C16H16Cl2N2O3S/c1-11(16(21)19-10-12-4-2-5-13(17)8-12)20-24(22,23)15-7-3-6-14(18)9-15/h2-9,11,20H,10H2,1H3,(H,19,21)/t11-/m0/s1. The van der Waals surface area contributed by atoms with E-state index in [4.69, 9.17) is 23.2 Å². The highest BCUT2D eigenvalue weighted by Crippen LogP contribution is 2.15. The van der Waals surface area contributed by atoms with Crippen LogP contribution in [0.5, 0.6) is 0 Å². The molecule has 0 unspecified atom stereocenters. The summed E-state index contributed by atoms with van der Waals surface area (Å²) in [4.78, 5) is 12.1. The lowest BCUT2D eigenvalue weighted by atomic mass is 10.2. The van der Waals surface area contributed by atoms with Crippen molar-refractivity contribution in [2.24, 2.45) is 0 Å². The van der Waals surface area contributed by atoms with Gasteiger partial charge in [-0.3, -0.25) is 4.79 Å². The second kappa shape index (κ2) is 7.98. The molecule has 2 rings (SSSR count). The molecule has 0 spiro atoms. The Balaban J connectivity index is 1.98. The van der Waals surface area contributed by atoms with Crippen molar-refractivity contribution < 1.29 is 13.2 Å². The van der Waals surface area contributed by atoms with E-state index in [-0.39, 0.29) is 11.4 Å². The first-order valence-electron chi connectivity index (χ1n) is 7.08. The molecule has 128 valence electrons. The van der Waals surface area contributed by atoms with Crippen LogP contribution in [0.4, 0.5) is 0 Å². The molecule has 0 aliphatic carbocycles. The molecule has 0 heterocycles. The quantitative estimate of drug-likeness (QED) is 0.800. The number of hydrogen-bond acceptors (Lipinski definition) is 3. The zero-order chi connectivity index (χ0) is 17.7. The first-order valence-corrected chi connectivity index (χ1v) is 9.32. The normalized spacial score (nSPS) is 12.6. The lowest BCUT2D eigenvalue weighted by Gasteiger charge is -2.14. The third kappa shape index (κ3) is 5.21. The van der Waals surface area contributed by atoms with Crippen molar-refractivity contribution in [3.05, 3.63) is 64.1 Å². The smallest absolute Gasteiger partial charge is 0.241 e. The maximum atomic E-state index is 12.3. The van der Waals surface area contributed by atoms with Crippen LogP contribution in [0.1, 0.15) is 12.5 Å². The molecule has 0 aliphatic rings. The Morgan fingerprint density at radius 2 is 1.71 bits per heavy atom. The lowest BCUT2D eigenvalue weighted by molar-refractivity contribution is -0.122. The average molecular weight is 387 g/mol. The van der Waals surface area contributed by atoms with Crippen LogP contribution in [0.15, 0.2) is 53.4 Å². The maximum absolute atomic E-state index is 12.3. The van der Waals surface area contributed by atoms with E-state index in [9.17, 15) is 13.2 Å². The summed E-state index contributed by atoms with van der Waals surface area (Å²) >= 11 is 11.7. The molecule has 8 heteroatoms. The maximum Gasteiger partial charge on any atom is 0.241 e. The fourth-order valence-corrected chi connectivity index (χ4v) is 3.69. The summed E-state index contributed by atoms with van der Waals surface area (Å²) in [5, 5.41) is 3.53. The van der Waals surface area contributed by atoms with E-state index in [2.05, 4.69) is 10.0 Å². The first kappa shape index (κ1) is 18.7. The van der Waals surface area contributed by atoms with Gasteiger partial charge < -0.3 is 5.32 Å². The number of benzene rings is 2. The number of nitrogens with one attached hydrogen (secondary N) is 2. The van der Waals surface area contributed by atoms with Crippen molar-refractivity contribution in [1.29, 1.82) is 0 Å². The molecule has 0 aromatic heterocycles. The van der Waals surface area contributed by atoms with Crippen LogP contribution in [0.2, 0.25) is 10.0 Å². The van der Waals surface area contributed by atoms with Gasteiger partial charge in [0.25, 0.3) is 0 Å². The van der Waals surface area contributed by atoms with Gasteiger partial charge in [-0.25, -0.2) is 8.42 Å². The number of carbonyl (C=O) groups is 1. The predicted octanol–water partition coefficient (Wildman–Crippen LogP) is 2.98. The van der Waals surface area contributed by atoms with Crippen LogP contribution in [0.25, 0.3) is 0 Å². The fourth-order valence-electron chi connectivity index (χ4n) is 1.98. The average Bonchev–Trinajstić information content (AvgIpc) is 2.52. The van der Waals surface area contributed by atoms with E-state index in [0.717, 1.165) is 5.56 Å². The van der Waals surface area contributed by atoms with Gasteiger partial charge in [0.1, 0.15) is 0 Å². The van der Waals surface area contributed by atoms with Crippen LogP contribution >= 0.6 is 23.2 Å². The van der Waals surface area contributed by atoms with Gasteiger partial charge in [-0.05, 0) is 42.8 Å². The molecule has 0 fully saturated rings. The van der Waals surface area contributed by atoms with E-state index >= 15 is 0 Å². The minimum atomic E-state index is -3.83. The number of carbonyl (C=O) groups excluding carboxylic acids is 1. The molecule has 0 bridgehead atoms.